The van der Waals surface area contributed by atoms with Crippen molar-refractivity contribution in [3.8, 4) is 0 Å². The molecule has 0 aromatic heterocycles. The fourth-order valence-electron chi connectivity index (χ4n) is 8.34. The molecule has 0 heterocycles. The van der Waals surface area contributed by atoms with Gasteiger partial charge in [0.1, 0.15) is 12.7 Å². The van der Waals surface area contributed by atoms with Crippen LogP contribution < -0.4 is 0 Å². The van der Waals surface area contributed by atoms with Crippen molar-refractivity contribution >= 4 is 25.7 Å². The summed E-state index contributed by atoms with van der Waals surface area (Å²) in [7, 11) is -4.75. The molecule has 0 saturated heterocycles. The monoisotopic (exact) mass is 1060 g/mol. The van der Waals surface area contributed by atoms with E-state index in [0.29, 0.717) is 19.3 Å². The SMILES string of the molecule is CC/C=C\C/C=C\C/C=C\CCCCCCCCCC(=O)OC(COC(=O)CCCCCCCCCCC/C=C\C/C=C\CCCCC)COP(=O)(O)OCC(CO)OC(=O)CCCCCCCCCCCCC. The second-order valence-electron chi connectivity index (χ2n) is 20.1. The number of aliphatic hydroxyl groups is 1. The molecule has 0 saturated carbocycles. The smallest absolute Gasteiger partial charge is 0.462 e. The van der Waals surface area contributed by atoms with E-state index in [1.165, 1.54) is 109 Å². The van der Waals surface area contributed by atoms with Gasteiger partial charge in [-0.2, -0.15) is 0 Å². The van der Waals surface area contributed by atoms with Crippen LogP contribution in [0.4, 0.5) is 0 Å². The fraction of sp³-hybridized carbons (Fsp3) is 0.790. The number of rotatable bonds is 56. The number of aliphatic hydroxyl groups excluding tert-OH is 1. The molecule has 430 valence electrons. The quantitative estimate of drug-likeness (QED) is 0.0197. The lowest BCUT2D eigenvalue weighted by atomic mass is 10.1. The van der Waals surface area contributed by atoms with Gasteiger partial charge in [0.2, 0.25) is 0 Å². The van der Waals surface area contributed by atoms with Gasteiger partial charge < -0.3 is 24.2 Å². The maximum absolute atomic E-state index is 12.9. The third-order valence-corrected chi connectivity index (χ3v) is 13.9. The molecular weight excluding hydrogens is 952 g/mol. The Morgan fingerprint density at radius 2 is 0.703 bits per heavy atom. The Bertz CT molecular complexity index is 1470. The largest absolute Gasteiger partial charge is 0.472 e. The minimum atomic E-state index is -4.75. The zero-order valence-corrected chi connectivity index (χ0v) is 48.5. The van der Waals surface area contributed by atoms with Crippen LogP contribution in [0.25, 0.3) is 0 Å². The molecule has 0 aromatic rings. The average Bonchev–Trinajstić information content (AvgIpc) is 3.39. The van der Waals surface area contributed by atoms with E-state index in [-0.39, 0.29) is 25.9 Å². The molecule has 3 unspecified atom stereocenters. The van der Waals surface area contributed by atoms with Crippen LogP contribution >= 0.6 is 7.82 Å². The number of phosphoric ester groups is 1. The second-order valence-corrected chi connectivity index (χ2v) is 21.6. The highest BCUT2D eigenvalue weighted by Gasteiger charge is 2.28. The van der Waals surface area contributed by atoms with E-state index in [1.807, 2.05) is 0 Å². The van der Waals surface area contributed by atoms with Gasteiger partial charge in [0.25, 0.3) is 0 Å². The molecule has 0 aromatic carbocycles. The zero-order chi connectivity index (χ0) is 54.1. The Balaban J connectivity index is 4.71. The van der Waals surface area contributed by atoms with Crippen LogP contribution in [0.1, 0.15) is 278 Å². The summed E-state index contributed by atoms with van der Waals surface area (Å²) in [6.07, 6.45) is 61.7. The van der Waals surface area contributed by atoms with E-state index in [0.717, 1.165) is 109 Å². The number of phosphoric acid groups is 1. The third-order valence-electron chi connectivity index (χ3n) is 12.9. The molecule has 11 nitrogen and oxygen atoms in total. The standard InChI is InChI=1S/C62H111O11P/c1-4-7-10-13-16-19-22-24-26-28-29-31-32-34-37-39-42-45-48-51-60(64)69-55-59(73-62(66)53-50-47-44-41-38-35-33-30-27-25-23-20-17-14-11-8-5-2)57-71-74(67,68)70-56-58(54-63)72-61(65)52-49-46-43-40-36-21-18-15-12-9-6-3/h8,11,16-17,19-20,24-27,58-59,63H,4-7,9-10,12-15,18,21-23,28-57H2,1-3H3,(H,67,68)/b11-8-,19-16-,20-17-,26-24-,27-25-. The first-order valence-electron chi connectivity index (χ1n) is 30.2. The van der Waals surface area contributed by atoms with Gasteiger partial charge in [0.05, 0.1) is 19.8 Å². The summed E-state index contributed by atoms with van der Waals surface area (Å²) in [5.74, 6) is -1.47. The fourth-order valence-corrected chi connectivity index (χ4v) is 9.13. The highest BCUT2D eigenvalue weighted by atomic mass is 31.2. The molecule has 0 radical (unpaired) electrons. The number of ether oxygens (including phenoxy) is 3. The Hall–Kier alpha value is -2.82. The van der Waals surface area contributed by atoms with Crippen molar-refractivity contribution in [1.82, 2.24) is 0 Å². The minimum Gasteiger partial charge on any atom is -0.462 e. The van der Waals surface area contributed by atoms with Crippen molar-refractivity contribution in [3.05, 3.63) is 60.8 Å². The maximum atomic E-state index is 12.9. The van der Waals surface area contributed by atoms with Crippen LogP contribution in [0, 0.1) is 0 Å². The van der Waals surface area contributed by atoms with Crippen molar-refractivity contribution in [3.63, 3.8) is 0 Å². The van der Waals surface area contributed by atoms with Crippen LogP contribution in [-0.4, -0.2) is 66.5 Å². The molecule has 0 spiro atoms. The molecule has 0 aliphatic carbocycles. The Labute approximate surface area is 453 Å². The van der Waals surface area contributed by atoms with Crippen LogP contribution in [0.15, 0.2) is 60.8 Å². The molecule has 74 heavy (non-hydrogen) atoms. The van der Waals surface area contributed by atoms with E-state index in [1.54, 1.807) is 0 Å². The first-order chi connectivity index (χ1) is 36.2. The minimum absolute atomic E-state index is 0.156. The number of hydrogen-bond donors (Lipinski definition) is 2. The topological polar surface area (TPSA) is 155 Å². The molecule has 3 atom stereocenters. The van der Waals surface area contributed by atoms with Crippen LogP contribution in [0.5, 0.6) is 0 Å². The van der Waals surface area contributed by atoms with Gasteiger partial charge in [0.15, 0.2) is 6.10 Å². The molecule has 2 N–H and O–H groups in total. The zero-order valence-electron chi connectivity index (χ0n) is 47.6. The predicted molar refractivity (Wildman–Crippen MR) is 307 cm³/mol. The van der Waals surface area contributed by atoms with Crippen LogP contribution in [0.2, 0.25) is 0 Å². The summed E-state index contributed by atoms with van der Waals surface area (Å²) in [4.78, 5) is 48.6. The Morgan fingerprint density at radius 1 is 0.392 bits per heavy atom. The van der Waals surface area contributed by atoms with E-state index in [9.17, 15) is 28.9 Å². The van der Waals surface area contributed by atoms with Crippen LogP contribution in [-0.2, 0) is 42.2 Å². The molecule has 0 rings (SSSR count). The van der Waals surface area contributed by atoms with Gasteiger partial charge >= 0.3 is 25.7 Å². The van der Waals surface area contributed by atoms with Crippen molar-refractivity contribution in [2.75, 3.05) is 26.4 Å². The van der Waals surface area contributed by atoms with E-state index in [4.69, 9.17) is 23.3 Å². The van der Waals surface area contributed by atoms with Gasteiger partial charge in [-0.05, 0) is 83.5 Å². The highest BCUT2D eigenvalue weighted by Crippen LogP contribution is 2.43. The highest BCUT2D eigenvalue weighted by molar-refractivity contribution is 7.47. The van der Waals surface area contributed by atoms with Gasteiger partial charge in [-0.1, -0.05) is 236 Å². The number of esters is 3. The predicted octanol–water partition coefficient (Wildman–Crippen LogP) is 17.9. The number of hydrogen-bond acceptors (Lipinski definition) is 10. The van der Waals surface area contributed by atoms with Crippen molar-refractivity contribution in [1.29, 1.82) is 0 Å². The lowest BCUT2D eigenvalue weighted by Crippen LogP contribution is -2.30. The van der Waals surface area contributed by atoms with Gasteiger partial charge in [-0.15, -0.1) is 0 Å². The lowest BCUT2D eigenvalue weighted by Gasteiger charge is -2.21. The summed E-state index contributed by atoms with van der Waals surface area (Å²) in [6.45, 7) is 4.52. The summed E-state index contributed by atoms with van der Waals surface area (Å²) < 4.78 is 39.6. The van der Waals surface area contributed by atoms with E-state index < -0.39 is 57.8 Å². The molecule has 12 heteroatoms. The first kappa shape index (κ1) is 71.2. The molecular formula is C62H111O11P. The first-order valence-corrected chi connectivity index (χ1v) is 31.7. The van der Waals surface area contributed by atoms with Crippen molar-refractivity contribution in [2.45, 2.75) is 290 Å². The summed E-state index contributed by atoms with van der Waals surface area (Å²) in [5, 5.41) is 9.80. The van der Waals surface area contributed by atoms with Gasteiger partial charge in [-0.3, -0.25) is 23.4 Å². The second kappa shape index (κ2) is 56.4. The molecule has 0 aliphatic rings. The Morgan fingerprint density at radius 3 is 1.11 bits per heavy atom. The molecule has 0 fully saturated rings. The number of unbranched alkanes of at least 4 members (excludes halogenated alkanes) is 29. The van der Waals surface area contributed by atoms with Crippen molar-refractivity contribution < 1.29 is 52.2 Å². The average molecular weight is 1060 g/mol. The van der Waals surface area contributed by atoms with Crippen molar-refractivity contribution in [2.24, 2.45) is 0 Å². The van der Waals surface area contributed by atoms with E-state index in [2.05, 4.69) is 81.5 Å². The summed E-state index contributed by atoms with van der Waals surface area (Å²) in [6, 6.07) is 0. The van der Waals surface area contributed by atoms with Gasteiger partial charge in [0, 0.05) is 19.3 Å². The number of carbonyl (C=O) groups is 3. The Kier molecular flexibility index (Phi) is 54.2. The molecule has 0 amide bonds. The van der Waals surface area contributed by atoms with E-state index >= 15 is 0 Å². The van der Waals surface area contributed by atoms with Crippen LogP contribution in [0.3, 0.4) is 0 Å². The molecule has 0 aliphatic heterocycles. The normalized spacial score (nSPS) is 13.7. The van der Waals surface area contributed by atoms with Gasteiger partial charge in [-0.25, -0.2) is 4.57 Å². The number of carbonyl (C=O) groups excluding carboxylic acids is 3. The summed E-state index contributed by atoms with van der Waals surface area (Å²) >= 11 is 0. The number of allylic oxidation sites excluding steroid dienone is 10. The summed E-state index contributed by atoms with van der Waals surface area (Å²) in [5.41, 5.74) is 0. The maximum Gasteiger partial charge on any atom is 0.472 e. The third kappa shape index (κ3) is 54.0. The lowest BCUT2D eigenvalue weighted by molar-refractivity contribution is -0.161. The molecule has 0 bridgehead atoms.